The molecule has 0 saturated heterocycles. The zero-order valence-corrected chi connectivity index (χ0v) is 8.80. The fraction of sp³-hybridized carbons (Fsp3) is 0.455. The standard InChI is InChI=1S/C11H15F2NO/c1-7-3-4-9(5-8(7)2)10(14)11(12,13)6-15/h3-5,10,15H,6,14H2,1-2H3/t10-/m1/s1. The third kappa shape index (κ3) is 2.52. The molecule has 0 aliphatic carbocycles. The summed E-state index contributed by atoms with van der Waals surface area (Å²) in [6.45, 7) is 2.50. The van der Waals surface area contributed by atoms with Gasteiger partial charge in [0, 0.05) is 0 Å². The van der Waals surface area contributed by atoms with Crippen molar-refractivity contribution >= 4 is 0 Å². The lowest BCUT2D eigenvalue weighted by molar-refractivity contribution is -0.0711. The molecule has 3 N–H and O–H groups in total. The highest BCUT2D eigenvalue weighted by molar-refractivity contribution is 5.32. The first-order valence-corrected chi connectivity index (χ1v) is 4.70. The van der Waals surface area contributed by atoms with Gasteiger partial charge in [0.05, 0.1) is 6.04 Å². The van der Waals surface area contributed by atoms with E-state index in [1.165, 1.54) is 0 Å². The normalized spacial score (nSPS) is 14.0. The molecule has 2 nitrogen and oxygen atoms in total. The van der Waals surface area contributed by atoms with Crippen molar-refractivity contribution in [2.75, 3.05) is 6.61 Å². The van der Waals surface area contributed by atoms with E-state index in [2.05, 4.69) is 0 Å². The van der Waals surface area contributed by atoms with Crippen LogP contribution < -0.4 is 5.73 Å². The second kappa shape index (κ2) is 4.24. The number of aliphatic hydroxyl groups is 1. The van der Waals surface area contributed by atoms with Crippen LogP contribution in [0.3, 0.4) is 0 Å². The Bertz CT molecular complexity index is 352. The summed E-state index contributed by atoms with van der Waals surface area (Å²) < 4.78 is 26.2. The summed E-state index contributed by atoms with van der Waals surface area (Å²) in [4.78, 5) is 0. The number of aliphatic hydroxyl groups excluding tert-OH is 1. The van der Waals surface area contributed by atoms with Gasteiger partial charge in [0.1, 0.15) is 6.61 Å². The van der Waals surface area contributed by atoms with Gasteiger partial charge in [-0.3, -0.25) is 0 Å². The molecule has 0 saturated carbocycles. The monoisotopic (exact) mass is 215 g/mol. The number of benzene rings is 1. The molecule has 0 aliphatic rings. The van der Waals surface area contributed by atoms with Crippen LogP contribution in [0.25, 0.3) is 0 Å². The molecular weight excluding hydrogens is 200 g/mol. The lowest BCUT2D eigenvalue weighted by Crippen LogP contribution is -2.36. The van der Waals surface area contributed by atoms with Gasteiger partial charge in [-0.25, -0.2) is 8.78 Å². The number of halogens is 2. The minimum Gasteiger partial charge on any atom is -0.390 e. The van der Waals surface area contributed by atoms with Gasteiger partial charge in [-0.2, -0.15) is 0 Å². The Kier molecular flexibility index (Phi) is 3.42. The van der Waals surface area contributed by atoms with E-state index in [0.717, 1.165) is 11.1 Å². The molecule has 84 valence electrons. The molecule has 1 aromatic carbocycles. The van der Waals surface area contributed by atoms with Gasteiger partial charge in [-0.05, 0) is 30.5 Å². The highest BCUT2D eigenvalue weighted by atomic mass is 19.3. The summed E-state index contributed by atoms with van der Waals surface area (Å²) in [6, 6.07) is 3.49. The minimum atomic E-state index is -3.28. The van der Waals surface area contributed by atoms with Crippen molar-refractivity contribution < 1.29 is 13.9 Å². The molecule has 0 unspecified atom stereocenters. The van der Waals surface area contributed by atoms with E-state index < -0.39 is 18.6 Å². The van der Waals surface area contributed by atoms with Crippen LogP contribution >= 0.6 is 0 Å². The number of aryl methyl sites for hydroxylation is 2. The Labute approximate surface area is 87.7 Å². The summed E-state index contributed by atoms with van der Waals surface area (Å²) in [7, 11) is 0. The Hall–Kier alpha value is -1.00. The van der Waals surface area contributed by atoms with Crippen LogP contribution in [-0.4, -0.2) is 17.6 Å². The maximum absolute atomic E-state index is 13.1. The van der Waals surface area contributed by atoms with Crippen LogP contribution in [0.15, 0.2) is 18.2 Å². The molecule has 4 heteroatoms. The topological polar surface area (TPSA) is 46.2 Å². The van der Waals surface area contributed by atoms with E-state index in [0.29, 0.717) is 5.56 Å². The summed E-state index contributed by atoms with van der Waals surface area (Å²) in [5.74, 6) is -3.28. The molecule has 0 amide bonds. The molecule has 1 rings (SSSR count). The van der Waals surface area contributed by atoms with Crippen LogP contribution in [0.4, 0.5) is 8.78 Å². The van der Waals surface area contributed by atoms with Crippen molar-refractivity contribution in [2.45, 2.75) is 25.8 Å². The fourth-order valence-corrected chi connectivity index (χ4v) is 1.30. The SMILES string of the molecule is Cc1ccc([C@@H](N)C(F)(F)CO)cc1C. The quantitative estimate of drug-likeness (QED) is 0.809. The molecule has 0 spiro atoms. The maximum Gasteiger partial charge on any atom is 0.289 e. The molecule has 1 atom stereocenters. The van der Waals surface area contributed by atoms with Crippen LogP contribution in [0.1, 0.15) is 22.7 Å². The first-order chi connectivity index (χ1) is 6.88. The van der Waals surface area contributed by atoms with Crippen LogP contribution in [0, 0.1) is 13.8 Å². The molecule has 1 aromatic rings. The van der Waals surface area contributed by atoms with E-state index in [9.17, 15) is 8.78 Å². The Morgan fingerprint density at radius 1 is 1.33 bits per heavy atom. The Morgan fingerprint density at radius 3 is 2.40 bits per heavy atom. The van der Waals surface area contributed by atoms with Crippen molar-refractivity contribution in [1.82, 2.24) is 0 Å². The lowest BCUT2D eigenvalue weighted by atomic mass is 9.98. The fourth-order valence-electron chi connectivity index (χ4n) is 1.30. The minimum absolute atomic E-state index is 0.345. The van der Waals surface area contributed by atoms with Gasteiger partial charge < -0.3 is 10.8 Å². The smallest absolute Gasteiger partial charge is 0.289 e. The summed E-state index contributed by atoms with van der Waals surface area (Å²) in [5.41, 5.74) is 7.68. The Morgan fingerprint density at radius 2 is 1.93 bits per heavy atom. The number of hydrogen-bond donors (Lipinski definition) is 2. The molecule has 0 aromatic heterocycles. The van der Waals surface area contributed by atoms with Gasteiger partial charge in [-0.1, -0.05) is 18.2 Å². The third-order valence-corrected chi connectivity index (χ3v) is 2.56. The summed E-state index contributed by atoms with van der Waals surface area (Å²) in [5, 5.41) is 8.52. The van der Waals surface area contributed by atoms with Gasteiger partial charge in [0.2, 0.25) is 0 Å². The first kappa shape index (κ1) is 12.1. The van der Waals surface area contributed by atoms with Gasteiger partial charge in [0.25, 0.3) is 5.92 Å². The summed E-state index contributed by atoms with van der Waals surface area (Å²) in [6.07, 6.45) is 0. The maximum atomic E-state index is 13.1. The van der Waals surface area contributed by atoms with Gasteiger partial charge in [0.15, 0.2) is 0 Å². The third-order valence-electron chi connectivity index (χ3n) is 2.56. The molecule has 15 heavy (non-hydrogen) atoms. The second-order valence-electron chi connectivity index (χ2n) is 3.74. The highest BCUT2D eigenvalue weighted by Crippen LogP contribution is 2.29. The molecule has 0 heterocycles. The van der Waals surface area contributed by atoms with Crippen molar-refractivity contribution in [3.63, 3.8) is 0 Å². The zero-order valence-electron chi connectivity index (χ0n) is 8.80. The molecule has 0 radical (unpaired) electrons. The predicted molar refractivity (Wildman–Crippen MR) is 54.9 cm³/mol. The van der Waals surface area contributed by atoms with Crippen molar-refractivity contribution in [3.8, 4) is 0 Å². The summed E-state index contributed by atoms with van der Waals surface area (Å²) >= 11 is 0. The van der Waals surface area contributed by atoms with Gasteiger partial charge >= 0.3 is 0 Å². The van der Waals surface area contributed by atoms with Gasteiger partial charge in [-0.15, -0.1) is 0 Å². The molecule has 0 bridgehead atoms. The average molecular weight is 215 g/mol. The molecule has 0 aliphatic heterocycles. The van der Waals surface area contributed by atoms with Crippen molar-refractivity contribution in [3.05, 3.63) is 34.9 Å². The predicted octanol–water partition coefficient (Wildman–Crippen LogP) is 1.93. The van der Waals surface area contributed by atoms with Crippen molar-refractivity contribution in [2.24, 2.45) is 5.73 Å². The number of hydrogen-bond acceptors (Lipinski definition) is 2. The Balaban J connectivity index is 3.02. The number of nitrogens with two attached hydrogens (primary N) is 1. The zero-order chi connectivity index (χ0) is 11.6. The van der Waals surface area contributed by atoms with Crippen LogP contribution in [-0.2, 0) is 0 Å². The van der Waals surface area contributed by atoms with E-state index in [1.54, 1.807) is 18.2 Å². The van der Waals surface area contributed by atoms with E-state index >= 15 is 0 Å². The van der Waals surface area contributed by atoms with Crippen LogP contribution in [0.2, 0.25) is 0 Å². The van der Waals surface area contributed by atoms with Crippen molar-refractivity contribution in [1.29, 1.82) is 0 Å². The molecule has 0 fully saturated rings. The second-order valence-corrected chi connectivity index (χ2v) is 3.74. The first-order valence-electron chi connectivity index (χ1n) is 4.70. The average Bonchev–Trinajstić information content (AvgIpc) is 2.21. The largest absolute Gasteiger partial charge is 0.390 e. The number of rotatable bonds is 3. The number of alkyl halides is 2. The van der Waals surface area contributed by atoms with Crippen LogP contribution in [0.5, 0.6) is 0 Å². The van der Waals surface area contributed by atoms with E-state index in [-0.39, 0.29) is 0 Å². The highest BCUT2D eigenvalue weighted by Gasteiger charge is 2.37. The molecular formula is C11H15F2NO. The lowest BCUT2D eigenvalue weighted by Gasteiger charge is -2.22. The van der Waals surface area contributed by atoms with E-state index in [1.807, 2.05) is 13.8 Å². The van der Waals surface area contributed by atoms with E-state index in [4.69, 9.17) is 10.8 Å².